The number of carbonyl (C=O) groups is 5. The summed E-state index contributed by atoms with van der Waals surface area (Å²) in [7, 11) is 0. The van der Waals surface area contributed by atoms with Gasteiger partial charge in [0.1, 0.15) is 18.4 Å². The summed E-state index contributed by atoms with van der Waals surface area (Å²) in [5, 5.41) is 13.8. The fourth-order valence-electron chi connectivity index (χ4n) is 3.31. The first-order valence-electron chi connectivity index (χ1n) is 9.59. The van der Waals surface area contributed by atoms with Crippen LogP contribution in [0.3, 0.4) is 0 Å². The normalized spacial score (nSPS) is 17.7. The number of nitrogens with two attached hydrogens (primary N) is 1. The number of anilines is 1. The van der Waals surface area contributed by atoms with Gasteiger partial charge in [0.05, 0.1) is 12.5 Å². The molecule has 5 N–H and O–H groups in total. The van der Waals surface area contributed by atoms with Crippen LogP contribution in [0.25, 0.3) is 0 Å². The standard InChI is InChI=1S/C20H26N4O6/c1-11-8-13(5-6-15(11)21)18(28)22-12(2)20(30)24-7-3-4-16(24)19(29)23-14(10-25)9-17(26)27/h5-6,8,10,12,14,16H,3-4,7,9,21H2,1-2H3,(H,22,28)(H,23,29)(H,26,27)/t12-,14-,16-/m0/s1. The van der Waals surface area contributed by atoms with Crippen LogP contribution in [0.2, 0.25) is 0 Å². The topological polar surface area (TPSA) is 159 Å². The highest BCUT2D eigenvalue weighted by atomic mass is 16.4. The molecule has 1 aromatic carbocycles. The number of aryl methyl sites for hydroxylation is 1. The zero-order chi connectivity index (χ0) is 22.4. The number of carboxylic acids is 1. The SMILES string of the molecule is Cc1cc(C(=O)N[C@@H](C)C(=O)N2CCC[C@H]2C(=O)N[C@H](C=O)CC(=O)O)ccc1N. The van der Waals surface area contributed by atoms with Crippen LogP contribution < -0.4 is 16.4 Å². The van der Waals surface area contributed by atoms with Gasteiger partial charge in [-0.05, 0) is 50.5 Å². The lowest BCUT2D eigenvalue weighted by molar-refractivity contribution is -0.141. The number of rotatable bonds is 8. The molecule has 3 amide bonds. The first-order chi connectivity index (χ1) is 14.1. The summed E-state index contributed by atoms with van der Waals surface area (Å²) in [6.07, 6.45) is 0.772. The van der Waals surface area contributed by atoms with Gasteiger partial charge in [0.15, 0.2) is 0 Å². The van der Waals surface area contributed by atoms with E-state index in [1.807, 2.05) is 0 Å². The lowest BCUT2D eigenvalue weighted by atomic mass is 10.1. The van der Waals surface area contributed by atoms with Gasteiger partial charge in [0.2, 0.25) is 11.8 Å². The molecule has 1 fully saturated rings. The molecule has 1 aliphatic heterocycles. The Balaban J connectivity index is 2.02. The maximum Gasteiger partial charge on any atom is 0.305 e. The molecule has 1 aliphatic rings. The van der Waals surface area contributed by atoms with Gasteiger partial charge in [-0.3, -0.25) is 19.2 Å². The molecule has 0 unspecified atom stereocenters. The molecule has 0 bridgehead atoms. The molecule has 3 atom stereocenters. The van der Waals surface area contributed by atoms with E-state index in [9.17, 15) is 24.0 Å². The fourth-order valence-corrected chi connectivity index (χ4v) is 3.31. The van der Waals surface area contributed by atoms with Crippen LogP contribution in [-0.2, 0) is 19.2 Å². The van der Waals surface area contributed by atoms with Crippen LogP contribution in [-0.4, -0.2) is 64.7 Å². The van der Waals surface area contributed by atoms with E-state index in [4.69, 9.17) is 10.8 Å². The number of likely N-dealkylation sites (tertiary alicyclic amines) is 1. The molecule has 0 spiro atoms. The van der Waals surface area contributed by atoms with Gasteiger partial charge in [0, 0.05) is 17.8 Å². The summed E-state index contributed by atoms with van der Waals surface area (Å²) in [4.78, 5) is 60.9. The molecule has 10 nitrogen and oxygen atoms in total. The molecule has 0 radical (unpaired) electrons. The average molecular weight is 418 g/mol. The van der Waals surface area contributed by atoms with Gasteiger partial charge < -0.3 is 31.2 Å². The van der Waals surface area contributed by atoms with Crippen molar-refractivity contribution < 1.29 is 29.1 Å². The van der Waals surface area contributed by atoms with E-state index >= 15 is 0 Å². The largest absolute Gasteiger partial charge is 0.481 e. The van der Waals surface area contributed by atoms with Crippen molar-refractivity contribution in [2.24, 2.45) is 0 Å². The maximum absolute atomic E-state index is 12.8. The fraction of sp³-hybridized carbons (Fsp3) is 0.450. The van der Waals surface area contributed by atoms with Crippen molar-refractivity contribution in [3.8, 4) is 0 Å². The third kappa shape index (κ3) is 5.56. The highest BCUT2D eigenvalue weighted by Crippen LogP contribution is 2.19. The second-order valence-corrected chi connectivity index (χ2v) is 7.31. The molecule has 10 heteroatoms. The highest BCUT2D eigenvalue weighted by Gasteiger charge is 2.37. The summed E-state index contributed by atoms with van der Waals surface area (Å²) in [6.45, 7) is 3.62. The summed E-state index contributed by atoms with van der Waals surface area (Å²) in [6, 6.07) is 1.91. The molecular formula is C20H26N4O6. The van der Waals surface area contributed by atoms with Crippen LogP contribution in [0, 0.1) is 6.92 Å². The Hall–Kier alpha value is -3.43. The number of aliphatic carboxylic acids is 1. The number of nitrogen functional groups attached to an aromatic ring is 1. The number of nitrogens with zero attached hydrogens (tertiary/aromatic N) is 1. The van der Waals surface area contributed by atoms with E-state index in [2.05, 4.69) is 10.6 Å². The van der Waals surface area contributed by atoms with E-state index in [-0.39, 0.29) is 0 Å². The Kier molecular flexibility index (Phi) is 7.51. The summed E-state index contributed by atoms with van der Waals surface area (Å²) >= 11 is 0. The lowest BCUT2D eigenvalue weighted by Gasteiger charge is -2.27. The molecular weight excluding hydrogens is 392 g/mol. The van der Waals surface area contributed by atoms with Gasteiger partial charge in [-0.1, -0.05) is 0 Å². The van der Waals surface area contributed by atoms with Crippen molar-refractivity contribution in [2.45, 2.75) is 51.2 Å². The van der Waals surface area contributed by atoms with Gasteiger partial charge in [0.25, 0.3) is 5.91 Å². The number of hydrogen-bond donors (Lipinski definition) is 4. The number of nitrogens with one attached hydrogen (secondary N) is 2. The number of amides is 3. The van der Waals surface area contributed by atoms with Crippen LogP contribution >= 0.6 is 0 Å². The van der Waals surface area contributed by atoms with E-state index < -0.39 is 48.2 Å². The van der Waals surface area contributed by atoms with Crippen LogP contribution in [0.4, 0.5) is 5.69 Å². The number of hydrogen-bond acceptors (Lipinski definition) is 6. The van der Waals surface area contributed by atoms with Gasteiger partial charge in [-0.15, -0.1) is 0 Å². The molecule has 0 aliphatic carbocycles. The minimum atomic E-state index is -1.22. The van der Waals surface area contributed by atoms with Crippen LogP contribution in [0.5, 0.6) is 0 Å². The quantitative estimate of drug-likeness (QED) is 0.337. The van der Waals surface area contributed by atoms with Crippen molar-refractivity contribution in [3.05, 3.63) is 29.3 Å². The first kappa shape index (κ1) is 22.9. The number of carboxylic acid groups (broad SMARTS) is 1. The summed E-state index contributed by atoms with van der Waals surface area (Å²) in [5.41, 5.74) is 7.41. The lowest BCUT2D eigenvalue weighted by Crippen LogP contribution is -2.54. The molecule has 1 saturated heterocycles. The maximum atomic E-state index is 12.8. The van der Waals surface area contributed by atoms with E-state index in [0.29, 0.717) is 36.9 Å². The van der Waals surface area contributed by atoms with Crippen molar-refractivity contribution >= 4 is 35.7 Å². The van der Waals surface area contributed by atoms with E-state index in [1.54, 1.807) is 25.1 Å². The second kappa shape index (κ2) is 9.86. The van der Waals surface area contributed by atoms with Crippen molar-refractivity contribution in [1.82, 2.24) is 15.5 Å². The van der Waals surface area contributed by atoms with E-state index in [1.165, 1.54) is 11.8 Å². The number of carbonyl (C=O) groups excluding carboxylic acids is 4. The van der Waals surface area contributed by atoms with Gasteiger partial charge >= 0.3 is 5.97 Å². The Labute approximate surface area is 173 Å². The average Bonchev–Trinajstić information content (AvgIpc) is 3.18. The Morgan fingerprint density at radius 2 is 2.00 bits per heavy atom. The Bertz CT molecular complexity index is 856. The highest BCUT2D eigenvalue weighted by molar-refractivity contribution is 5.99. The van der Waals surface area contributed by atoms with Gasteiger partial charge in [-0.2, -0.15) is 0 Å². The summed E-state index contributed by atoms with van der Waals surface area (Å²) in [5.74, 6) is -2.69. The zero-order valence-corrected chi connectivity index (χ0v) is 16.9. The molecule has 0 aromatic heterocycles. The molecule has 30 heavy (non-hydrogen) atoms. The summed E-state index contributed by atoms with van der Waals surface area (Å²) < 4.78 is 0. The van der Waals surface area contributed by atoms with Crippen LogP contribution in [0.15, 0.2) is 18.2 Å². The smallest absolute Gasteiger partial charge is 0.305 e. The number of benzene rings is 1. The molecule has 2 rings (SSSR count). The molecule has 162 valence electrons. The Morgan fingerprint density at radius 1 is 1.30 bits per heavy atom. The van der Waals surface area contributed by atoms with Crippen molar-refractivity contribution in [1.29, 1.82) is 0 Å². The predicted molar refractivity (Wildman–Crippen MR) is 108 cm³/mol. The Morgan fingerprint density at radius 3 is 2.60 bits per heavy atom. The van der Waals surface area contributed by atoms with Crippen LogP contribution in [0.1, 0.15) is 42.1 Å². The van der Waals surface area contributed by atoms with E-state index in [0.717, 1.165) is 5.56 Å². The monoisotopic (exact) mass is 418 g/mol. The third-order valence-corrected chi connectivity index (χ3v) is 4.97. The third-order valence-electron chi connectivity index (χ3n) is 4.97. The molecule has 1 heterocycles. The predicted octanol–water partition coefficient (Wildman–Crippen LogP) is -0.155. The molecule has 0 saturated carbocycles. The number of aldehydes is 1. The van der Waals surface area contributed by atoms with Gasteiger partial charge in [-0.25, -0.2) is 0 Å². The van der Waals surface area contributed by atoms with Crippen molar-refractivity contribution in [3.63, 3.8) is 0 Å². The molecule has 1 aromatic rings. The zero-order valence-electron chi connectivity index (χ0n) is 16.9. The second-order valence-electron chi connectivity index (χ2n) is 7.31. The first-order valence-corrected chi connectivity index (χ1v) is 9.59. The minimum absolute atomic E-state index is 0.322. The minimum Gasteiger partial charge on any atom is -0.481 e. The van der Waals surface area contributed by atoms with Crippen molar-refractivity contribution in [2.75, 3.05) is 12.3 Å².